The van der Waals surface area contributed by atoms with Crippen LogP contribution in [0.25, 0.3) is 6.08 Å². The van der Waals surface area contributed by atoms with Crippen molar-refractivity contribution < 1.29 is 0 Å². The van der Waals surface area contributed by atoms with Crippen LogP contribution in [-0.4, -0.2) is 6.04 Å². The average Bonchev–Trinajstić information content (AvgIpc) is 2.49. The lowest BCUT2D eigenvalue weighted by molar-refractivity contribution is 0.897. The first kappa shape index (κ1) is 18.0. The van der Waals surface area contributed by atoms with Gasteiger partial charge in [-0.1, -0.05) is 61.5 Å². The molecule has 0 aliphatic carbocycles. The van der Waals surface area contributed by atoms with Crippen LogP contribution in [0.1, 0.15) is 43.0 Å². The molecule has 0 bridgehead atoms. The zero-order valence-corrected chi connectivity index (χ0v) is 14.6. The molecule has 0 fully saturated rings. The average molecular weight is 295 g/mol. The predicted octanol–water partition coefficient (Wildman–Crippen LogP) is 6.02. The van der Waals surface area contributed by atoms with E-state index < -0.39 is 0 Å². The van der Waals surface area contributed by atoms with Crippen molar-refractivity contribution in [3.8, 4) is 0 Å². The van der Waals surface area contributed by atoms with E-state index in [4.69, 9.17) is 0 Å². The smallest absolute Gasteiger partial charge is 0.0371 e. The molecule has 0 radical (unpaired) electrons. The number of hydrogen-bond acceptors (Lipinski definition) is 1. The molecule has 0 aromatic heterocycles. The summed E-state index contributed by atoms with van der Waals surface area (Å²) in [5.74, 6) is 0. The van der Waals surface area contributed by atoms with Gasteiger partial charge in [-0.05, 0) is 56.9 Å². The van der Waals surface area contributed by atoms with E-state index in [1.54, 1.807) is 0 Å². The van der Waals surface area contributed by atoms with Gasteiger partial charge < -0.3 is 5.32 Å². The third kappa shape index (κ3) is 5.77. The van der Waals surface area contributed by atoms with Crippen LogP contribution in [0.5, 0.6) is 0 Å². The van der Waals surface area contributed by atoms with Gasteiger partial charge in [0.05, 0.1) is 0 Å². The quantitative estimate of drug-likeness (QED) is 0.727. The fraction of sp³-hybridized carbons (Fsp3) is 0.333. The number of para-hydroxylation sites is 1. The summed E-state index contributed by atoms with van der Waals surface area (Å²) in [5, 5.41) is 3.37. The first-order valence-corrected chi connectivity index (χ1v) is 8.02. The highest BCUT2D eigenvalue weighted by atomic mass is 14.9. The first-order valence-electron chi connectivity index (χ1n) is 8.02. The number of hydrogen-bond donors (Lipinski definition) is 1. The monoisotopic (exact) mass is 295 g/mol. The summed E-state index contributed by atoms with van der Waals surface area (Å²) < 4.78 is 0. The van der Waals surface area contributed by atoms with Crippen LogP contribution >= 0.6 is 0 Å². The highest BCUT2D eigenvalue weighted by molar-refractivity contribution is 5.53. The Hall–Kier alpha value is -2.02. The van der Waals surface area contributed by atoms with Gasteiger partial charge in [0.15, 0.2) is 0 Å². The Labute approximate surface area is 136 Å². The molecule has 1 heteroatoms. The fourth-order valence-corrected chi connectivity index (χ4v) is 2.27. The second-order valence-corrected chi connectivity index (χ2v) is 5.87. The Balaban J connectivity index is 0.000000220. The molecule has 0 saturated carbocycles. The van der Waals surface area contributed by atoms with E-state index in [9.17, 15) is 0 Å². The topological polar surface area (TPSA) is 12.0 Å². The first-order chi connectivity index (χ1) is 10.5. The summed E-state index contributed by atoms with van der Waals surface area (Å²) in [4.78, 5) is 0. The van der Waals surface area contributed by atoms with Crippen LogP contribution in [0.4, 0.5) is 5.69 Å². The zero-order chi connectivity index (χ0) is 16.5. The highest BCUT2D eigenvalue weighted by Crippen LogP contribution is 2.14. The summed E-state index contributed by atoms with van der Waals surface area (Å²) in [6.07, 6.45) is 3.01. The summed E-state index contributed by atoms with van der Waals surface area (Å²) >= 11 is 0. The van der Waals surface area contributed by atoms with Gasteiger partial charge in [0.1, 0.15) is 0 Å². The Morgan fingerprint density at radius 3 is 2.32 bits per heavy atom. The molecule has 0 aliphatic heterocycles. The molecule has 2 rings (SSSR count). The van der Waals surface area contributed by atoms with Crippen molar-refractivity contribution in [3.63, 3.8) is 0 Å². The van der Waals surface area contributed by atoms with Crippen molar-refractivity contribution in [2.75, 3.05) is 5.32 Å². The van der Waals surface area contributed by atoms with Crippen LogP contribution in [-0.2, 0) is 6.42 Å². The lowest BCUT2D eigenvalue weighted by Crippen LogP contribution is -2.10. The van der Waals surface area contributed by atoms with E-state index in [-0.39, 0.29) is 0 Å². The van der Waals surface area contributed by atoms with Gasteiger partial charge in [0.25, 0.3) is 0 Å². The van der Waals surface area contributed by atoms with Crippen LogP contribution in [0, 0.1) is 13.8 Å². The molecular weight excluding hydrogens is 266 g/mol. The molecule has 0 amide bonds. The maximum Gasteiger partial charge on any atom is 0.0371 e. The third-order valence-corrected chi connectivity index (χ3v) is 3.49. The van der Waals surface area contributed by atoms with Crippen LogP contribution < -0.4 is 5.32 Å². The molecule has 0 spiro atoms. The SMILES string of the molecule is C=Cc1cc(C)ccc1CC.Cc1ccccc1NC(C)C. The van der Waals surface area contributed by atoms with Crippen LogP contribution in [0.15, 0.2) is 49.0 Å². The molecule has 2 aromatic rings. The Kier molecular flexibility index (Phi) is 7.45. The van der Waals surface area contributed by atoms with Crippen molar-refractivity contribution in [2.24, 2.45) is 0 Å². The van der Waals surface area contributed by atoms with Crippen molar-refractivity contribution in [1.29, 1.82) is 0 Å². The number of aryl methyl sites for hydroxylation is 3. The van der Waals surface area contributed by atoms with E-state index in [1.807, 2.05) is 6.08 Å². The molecule has 0 unspecified atom stereocenters. The molecule has 0 saturated heterocycles. The number of anilines is 1. The molecule has 1 N–H and O–H groups in total. The van der Waals surface area contributed by atoms with Crippen LogP contribution in [0.2, 0.25) is 0 Å². The third-order valence-electron chi connectivity index (χ3n) is 3.49. The van der Waals surface area contributed by atoms with Gasteiger partial charge in [-0.15, -0.1) is 0 Å². The van der Waals surface area contributed by atoms with E-state index in [0.29, 0.717) is 6.04 Å². The molecule has 0 heterocycles. The summed E-state index contributed by atoms with van der Waals surface area (Å²) in [7, 11) is 0. The second kappa shape index (κ2) is 9.09. The minimum atomic E-state index is 0.510. The normalized spacial score (nSPS) is 9.91. The highest BCUT2D eigenvalue weighted by Gasteiger charge is 1.96. The number of benzene rings is 2. The minimum absolute atomic E-state index is 0.510. The van der Waals surface area contributed by atoms with E-state index >= 15 is 0 Å². The second-order valence-electron chi connectivity index (χ2n) is 5.87. The van der Waals surface area contributed by atoms with Gasteiger partial charge in [-0.3, -0.25) is 0 Å². The fourth-order valence-electron chi connectivity index (χ4n) is 2.27. The Morgan fingerprint density at radius 1 is 1.09 bits per heavy atom. The molecule has 0 aliphatic rings. The molecule has 118 valence electrons. The van der Waals surface area contributed by atoms with E-state index in [2.05, 4.69) is 89.0 Å². The molecular formula is C21H29N. The summed E-state index contributed by atoms with van der Waals surface area (Å²) in [6, 6.07) is 15.3. The summed E-state index contributed by atoms with van der Waals surface area (Å²) in [6.45, 7) is 14.5. The maximum atomic E-state index is 3.78. The van der Waals surface area contributed by atoms with E-state index in [1.165, 1.54) is 27.9 Å². The number of rotatable bonds is 4. The zero-order valence-electron chi connectivity index (χ0n) is 14.6. The molecule has 22 heavy (non-hydrogen) atoms. The van der Waals surface area contributed by atoms with Crippen molar-refractivity contribution in [2.45, 2.75) is 47.1 Å². The lowest BCUT2D eigenvalue weighted by Gasteiger charge is -2.11. The number of nitrogens with one attached hydrogen (secondary N) is 1. The Bertz CT molecular complexity index is 597. The van der Waals surface area contributed by atoms with Gasteiger partial charge in [0, 0.05) is 11.7 Å². The molecule has 2 aromatic carbocycles. The minimum Gasteiger partial charge on any atom is -0.383 e. The molecule has 1 nitrogen and oxygen atoms in total. The van der Waals surface area contributed by atoms with E-state index in [0.717, 1.165) is 6.42 Å². The predicted molar refractivity (Wildman–Crippen MR) is 101 cm³/mol. The van der Waals surface area contributed by atoms with Gasteiger partial charge in [0.2, 0.25) is 0 Å². The van der Waals surface area contributed by atoms with Gasteiger partial charge >= 0.3 is 0 Å². The largest absolute Gasteiger partial charge is 0.383 e. The molecule has 0 atom stereocenters. The summed E-state index contributed by atoms with van der Waals surface area (Å²) in [5.41, 5.74) is 6.50. The Morgan fingerprint density at radius 2 is 1.77 bits per heavy atom. The van der Waals surface area contributed by atoms with Crippen molar-refractivity contribution in [3.05, 3.63) is 71.3 Å². The van der Waals surface area contributed by atoms with Gasteiger partial charge in [-0.25, -0.2) is 0 Å². The van der Waals surface area contributed by atoms with Gasteiger partial charge in [-0.2, -0.15) is 0 Å². The van der Waals surface area contributed by atoms with Crippen molar-refractivity contribution >= 4 is 11.8 Å². The maximum absolute atomic E-state index is 3.78. The standard InChI is InChI=1S/C11H14.C10H15N/c1-4-10-7-6-9(3)8-11(10)5-2;1-8(2)11-10-7-5-4-6-9(10)3/h5-8H,2,4H2,1,3H3;4-8,11H,1-3H3. The lowest BCUT2D eigenvalue weighted by atomic mass is 10.0. The van der Waals surface area contributed by atoms with Crippen molar-refractivity contribution in [1.82, 2.24) is 0 Å². The van der Waals surface area contributed by atoms with Crippen LogP contribution in [0.3, 0.4) is 0 Å².